The molecular weight excluding hydrogens is 412 g/mol. The van der Waals surface area contributed by atoms with Crippen LogP contribution in [0.3, 0.4) is 0 Å². The molecule has 1 aliphatic heterocycles. The van der Waals surface area contributed by atoms with Crippen LogP contribution in [0.5, 0.6) is 0 Å². The maximum absolute atomic E-state index is 13.2. The summed E-state index contributed by atoms with van der Waals surface area (Å²) in [5.41, 5.74) is 3.75. The number of aromatic nitrogens is 4. The van der Waals surface area contributed by atoms with Crippen molar-refractivity contribution in [2.45, 2.75) is 39.3 Å². The van der Waals surface area contributed by atoms with Gasteiger partial charge in [-0.05, 0) is 61.1 Å². The van der Waals surface area contributed by atoms with Crippen LogP contribution >= 0.6 is 0 Å². The highest BCUT2D eigenvalue weighted by Crippen LogP contribution is 2.26. The van der Waals surface area contributed by atoms with E-state index < -0.39 is 0 Å². The first-order valence-electron chi connectivity index (χ1n) is 11.5. The van der Waals surface area contributed by atoms with Crippen molar-refractivity contribution in [1.82, 2.24) is 19.5 Å². The van der Waals surface area contributed by atoms with Gasteiger partial charge in [-0.2, -0.15) is 0 Å². The maximum Gasteiger partial charge on any atom is 0.193 e. The van der Waals surface area contributed by atoms with Crippen molar-refractivity contribution in [2.24, 2.45) is 0 Å². The Morgan fingerprint density at radius 2 is 1.70 bits per heavy atom. The summed E-state index contributed by atoms with van der Waals surface area (Å²) in [5.74, 6) is 1.69. The van der Waals surface area contributed by atoms with Crippen LogP contribution in [0.2, 0.25) is 0 Å². The van der Waals surface area contributed by atoms with Gasteiger partial charge >= 0.3 is 0 Å². The van der Waals surface area contributed by atoms with Gasteiger partial charge in [0.2, 0.25) is 0 Å². The van der Waals surface area contributed by atoms with Crippen LogP contribution < -0.4 is 15.6 Å². The van der Waals surface area contributed by atoms with Crippen LogP contribution in [-0.2, 0) is 13.1 Å². The predicted molar refractivity (Wildman–Crippen MR) is 132 cm³/mol. The summed E-state index contributed by atoms with van der Waals surface area (Å²) in [6, 6.07) is 11.7. The topological polar surface area (TPSA) is 75.9 Å². The van der Waals surface area contributed by atoms with Gasteiger partial charge in [0, 0.05) is 50.5 Å². The van der Waals surface area contributed by atoms with E-state index in [1.807, 2.05) is 43.6 Å². The zero-order valence-corrected chi connectivity index (χ0v) is 18.9. The van der Waals surface area contributed by atoms with Gasteiger partial charge in [-0.25, -0.2) is 4.98 Å². The molecule has 1 aliphatic rings. The van der Waals surface area contributed by atoms with Crippen LogP contribution in [0.4, 0.5) is 11.6 Å². The zero-order chi connectivity index (χ0) is 22.6. The quantitative estimate of drug-likeness (QED) is 0.486. The number of rotatable bonds is 6. The minimum absolute atomic E-state index is 0.0173. The first-order valence-corrected chi connectivity index (χ1v) is 11.5. The maximum atomic E-state index is 13.2. The summed E-state index contributed by atoms with van der Waals surface area (Å²) in [6.07, 6.45) is 10.8. The van der Waals surface area contributed by atoms with Crippen LogP contribution in [0, 0.1) is 6.92 Å². The van der Waals surface area contributed by atoms with E-state index in [9.17, 15) is 4.79 Å². The molecule has 1 saturated heterocycles. The molecule has 0 saturated carbocycles. The van der Waals surface area contributed by atoms with Gasteiger partial charge in [-0.15, -0.1) is 0 Å². The fraction of sp³-hybridized carbons (Fsp3) is 0.308. The van der Waals surface area contributed by atoms with Crippen LogP contribution in [0.25, 0.3) is 11.0 Å². The molecule has 0 spiro atoms. The van der Waals surface area contributed by atoms with E-state index in [2.05, 4.69) is 30.8 Å². The Bertz CT molecular complexity index is 1300. The van der Waals surface area contributed by atoms with E-state index >= 15 is 0 Å². The number of pyridine rings is 4. The molecule has 168 valence electrons. The molecule has 33 heavy (non-hydrogen) atoms. The molecule has 0 atom stereocenters. The molecule has 0 radical (unpaired) electrons. The molecule has 0 aliphatic carbocycles. The van der Waals surface area contributed by atoms with Crippen LogP contribution in [-0.4, -0.2) is 32.6 Å². The fourth-order valence-corrected chi connectivity index (χ4v) is 4.49. The Balaban J connectivity index is 1.63. The highest BCUT2D eigenvalue weighted by atomic mass is 16.1. The van der Waals surface area contributed by atoms with Crippen molar-refractivity contribution in [3.8, 4) is 0 Å². The first kappa shape index (κ1) is 21.1. The Morgan fingerprint density at radius 1 is 0.970 bits per heavy atom. The number of hydrogen-bond acceptors (Lipinski definition) is 6. The van der Waals surface area contributed by atoms with Gasteiger partial charge in [-0.3, -0.25) is 14.8 Å². The third-order valence-corrected chi connectivity index (χ3v) is 6.18. The Hall–Kier alpha value is -3.74. The smallest absolute Gasteiger partial charge is 0.193 e. The van der Waals surface area contributed by atoms with E-state index in [1.54, 1.807) is 18.5 Å². The summed E-state index contributed by atoms with van der Waals surface area (Å²) in [4.78, 5) is 29.1. The van der Waals surface area contributed by atoms with Gasteiger partial charge in [0.25, 0.3) is 0 Å². The zero-order valence-electron chi connectivity index (χ0n) is 18.9. The lowest BCUT2D eigenvalue weighted by Gasteiger charge is -2.28. The average Bonchev–Trinajstić information content (AvgIpc) is 2.86. The number of aryl methyl sites for hydroxylation is 1. The minimum atomic E-state index is -0.0173. The molecule has 4 aromatic rings. The van der Waals surface area contributed by atoms with Crippen LogP contribution in [0.15, 0.2) is 66.0 Å². The standard InChI is InChI=1S/C26H28N6O/c1-19-13-24(31-11-3-2-4-12-31)30-26-25(19)22(33)14-23(29-17-20-7-5-9-27-15-20)32(26)18-21-8-6-10-28-16-21/h5-10,13-16,29H,2-4,11-12,17-18H2,1H3. The molecule has 1 N–H and O–H groups in total. The van der Waals surface area contributed by atoms with E-state index in [0.29, 0.717) is 24.1 Å². The SMILES string of the molecule is Cc1cc(N2CCCCC2)nc2c1c(=O)cc(NCc1cccnc1)n2Cc1cccnc1. The molecular formula is C26H28N6O. The van der Waals surface area contributed by atoms with Crippen molar-refractivity contribution in [1.29, 1.82) is 0 Å². The molecule has 7 nitrogen and oxygen atoms in total. The lowest BCUT2D eigenvalue weighted by atomic mass is 10.1. The summed E-state index contributed by atoms with van der Waals surface area (Å²) < 4.78 is 2.10. The monoisotopic (exact) mass is 440 g/mol. The van der Waals surface area contributed by atoms with E-state index in [4.69, 9.17) is 4.98 Å². The van der Waals surface area contributed by atoms with Gasteiger partial charge in [0.05, 0.1) is 11.9 Å². The van der Waals surface area contributed by atoms with Gasteiger partial charge in [0.15, 0.2) is 5.43 Å². The summed E-state index contributed by atoms with van der Waals surface area (Å²) in [7, 11) is 0. The largest absolute Gasteiger partial charge is 0.367 e. The summed E-state index contributed by atoms with van der Waals surface area (Å²) in [6.45, 7) is 5.15. The number of nitrogens with one attached hydrogen (secondary N) is 1. The van der Waals surface area contributed by atoms with Crippen molar-refractivity contribution in [3.63, 3.8) is 0 Å². The van der Waals surface area contributed by atoms with Crippen molar-refractivity contribution >= 4 is 22.7 Å². The predicted octanol–water partition coefficient (Wildman–Crippen LogP) is 4.15. The Labute approximate surface area is 193 Å². The highest BCUT2D eigenvalue weighted by molar-refractivity contribution is 5.83. The first-order chi connectivity index (χ1) is 16.2. The molecule has 0 bridgehead atoms. The average molecular weight is 441 g/mol. The highest BCUT2D eigenvalue weighted by Gasteiger charge is 2.18. The number of piperidine rings is 1. The Kier molecular flexibility index (Phi) is 6.02. The molecule has 5 rings (SSSR count). The van der Waals surface area contributed by atoms with Crippen molar-refractivity contribution < 1.29 is 0 Å². The number of fused-ring (bicyclic) bond motifs is 1. The molecule has 7 heteroatoms. The normalized spacial score (nSPS) is 13.9. The second-order valence-corrected chi connectivity index (χ2v) is 8.60. The Morgan fingerprint density at radius 3 is 2.39 bits per heavy atom. The molecule has 0 unspecified atom stereocenters. The number of anilines is 2. The minimum Gasteiger partial charge on any atom is -0.367 e. The van der Waals surface area contributed by atoms with Crippen molar-refractivity contribution in [2.75, 3.05) is 23.3 Å². The molecule has 5 heterocycles. The number of hydrogen-bond donors (Lipinski definition) is 1. The van der Waals surface area contributed by atoms with Crippen molar-refractivity contribution in [3.05, 3.63) is 88.1 Å². The molecule has 4 aromatic heterocycles. The second-order valence-electron chi connectivity index (χ2n) is 8.60. The van der Waals surface area contributed by atoms with E-state index in [-0.39, 0.29) is 5.43 Å². The summed E-state index contributed by atoms with van der Waals surface area (Å²) in [5, 5.41) is 4.12. The third-order valence-electron chi connectivity index (χ3n) is 6.18. The number of nitrogens with zero attached hydrogens (tertiary/aromatic N) is 5. The van der Waals surface area contributed by atoms with Crippen LogP contribution in [0.1, 0.15) is 36.0 Å². The second kappa shape index (κ2) is 9.40. The van der Waals surface area contributed by atoms with Gasteiger partial charge < -0.3 is 14.8 Å². The van der Waals surface area contributed by atoms with E-state index in [0.717, 1.165) is 41.4 Å². The molecule has 0 aromatic carbocycles. The van der Waals surface area contributed by atoms with Gasteiger partial charge in [0.1, 0.15) is 17.3 Å². The molecule has 0 amide bonds. The lowest BCUT2D eigenvalue weighted by Crippen LogP contribution is -2.30. The molecule has 1 fully saturated rings. The third kappa shape index (κ3) is 4.58. The fourth-order valence-electron chi connectivity index (χ4n) is 4.49. The van der Waals surface area contributed by atoms with Gasteiger partial charge in [-0.1, -0.05) is 12.1 Å². The summed E-state index contributed by atoms with van der Waals surface area (Å²) >= 11 is 0. The van der Waals surface area contributed by atoms with E-state index in [1.165, 1.54) is 19.3 Å². The lowest BCUT2D eigenvalue weighted by molar-refractivity contribution is 0.573.